The zero-order chi connectivity index (χ0) is 45.1. The lowest BCUT2D eigenvalue weighted by molar-refractivity contribution is -0.302. The summed E-state index contributed by atoms with van der Waals surface area (Å²) in [6.07, 6.45) is 47.9. The van der Waals surface area contributed by atoms with E-state index in [4.69, 9.17) is 9.47 Å². The van der Waals surface area contributed by atoms with Crippen molar-refractivity contribution in [1.29, 1.82) is 0 Å². The van der Waals surface area contributed by atoms with Crippen molar-refractivity contribution >= 4 is 5.91 Å². The fourth-order valence-electron chi connectivity index (χ4n) is 8.23. The summed E-state index contributed by atoms with van der Waals surface area (Å²) in [7, 11) is 0. The van der Waals surface area contributed by atoms with Gasteiger partial charge in [0, 0.05) is 6.42 Å². The number of carbonyl (C=O) groups excluding carboxylic acids is 1. The van der Waals surface area contributed by atoms with Crippen LogP contribution in [0.15, 0.2) is 36.5 Å². The van der Waals surface area contributed by atoms with Crippen LogP contribution in [0.4, 0.5) is 0 Å². The highest BCUT2D eigenvalue weighted by atomic mass is 16.7. The molecule has 1 heterocycles. The second kappa shape index (κ2) is 43.3. The minimum Gasteiger partial charge on any atom is -0.394 e. The van der Waals surface area contributed by atoms with Gasteiger partial charge in [0.05, 0.1) is 25.4 Å². The van der Waals surface area contributed by atoms with E-state index in [1.807, 2.05) is 6.08 Å². The van der Waals surface area contributed by atoms with Crippen LogP contribution in [0.25, 0.3) is 0 Å². The van der Waals surface area contributed by atoms with Gasteiger partial charge in [0.2, 0.25) is 5.91 Å². The number of aliphatic hydroxyl groups is 5. The van der Waals surface area contributed by atoms with Gasteiger partial charge in [-0.1, -0.05) is 230 Å². The van der Waals surface area contributed by atoms with E-state index in [-0.39, 0.29) is 12.5 Å². The highest BCUT2D eigenvalue weighted by molar-refractivity contribution is 5.76. The number of nitrogens with one attached hydrogen (secondary N) is 1. The van der Waals surface area contributed by atoms with Crippen LogP contribution in [0.3, 0.4) is 0 Å². The van der Waals surface area contributed by atoms with E-state index in [1.54, 1.807) is 6.08 Å². The molecule has 0 aromatic heterocycles. The van der Waals surface area contributed by atoms with E-state index in [0.29, 0.717) is 6.42 Å². The molecule has 0 aromatic carbocycles. The molecule has 6 N–H and O–H groups in total. The van der Waals surface area contributed by atoms with E-state index in [0.717, 1.165) is 51.4 Å². The van der Waals surface area contributed by atoms with Crippen LogP contribution >= 0.6 is 0 Å². The van der Waals surface area contributed by atoms with E-state index in [1.165, 1.54) is 167 Å². The first kappa shape index (κ1) is 58.4. The molecule has 7 atom stereocenters. The summed E-state index contributed by atoms with van der Waals surface area (Å²) in [5.74, 6) is -0.189. The molecule has 0 saturated carbocycles. The van der Waals surface area contributed by atoms with Gasteiger partial charge >= 0.3 is 0 Å². The largest absolute Gasteiger partial charge is 0.394 e. The Balaban J connectivity index is 2.19. The third-order valence-corrected chi connectivity index (χ3v) is 12.4. The normalized spacial score (nSPS) is 20.5. The SMILES string of the molecule is CCCC/C=C/CC/C=C/CC/C=C/C(O)C(COC1OC(CO)C(O)C(O)C1O)NC(=O)CCCCCCCCCCCCCCCCCCCCCCCCCCCCC. The van der Waals surface area contributed by atoms with Crippen molar-refractivity contribution in [3.05, 3.63) is 36.5 Å². The molecule has 1 aliphatic rings. The molecule has 0 aromatic rings. The molecule has 9 nitrogen and oxygen atoms in total. The van der Waals surface area contributed by atoms with Gasteiger partial charge in [0.1, 0.15) is 24.4 Å². The van der Waals surface area contributed by atoms with Gasteiger partial charge in [-0.15, -0.1) is 0 Å². The minimum atomic E-state index is -1.57. The fourth-order valence-corrected chi connectivity index (χ4v) is 8.23. The summed E-state index contributed by atoms with van der Waals surface area (Å²) in [6, 6.07) is -0.824. The first-order chi connectivity index (χ1) is 30.3. The Morgan fingerprint density at radius 1 is 0.532 bits per heavy atom. The lowest BCUT2D eigenvalue weighted by Crippen LogP contribution is -2.60. The molecule has 1 rings (SSSR count). The number of rotatable bonds is 44. The Morgan fingerprint density at radius 3 is 1.34 bits per heavy atom. The number of aliphatic hydroxyl groups excluding tert-OH is 5. The maximum absolute atomic E-state index is 13.0. The van der Waals surface area contributed by atoms with Gasteiger partial charge in [-0.25, -0.2) is 0 Å². The van der Waals surface area contributed by atoms with E-state index < -0.39 is 49.5 Å². The van der Waals surface area contributed by atoms with Gasteiger partial charge in [0.25, 0.3) is 0 Å². The lowest BCUT2D eigenvalue weighted by atomic mass is 9.99. The van der Waals surface area contributed by atoms with Crippen molar-refractivity contribution in [2.24, 2.45) is 0 Å². The summed E-state index contributed by atoms with van der Waals surface area (Å²) < 4.78 is 11.2. The first-order valence-corrected chi connectivity index (χ1v) is 26.2. The quantitative estimate of drug-likeness (QED) is 0.0262. The third kappa shape index (κ3) is 33.0. The molecule has 0 radical (unpaired) electrons. The van der Waals surface area contributed by atoms with Crippen LogP contribution in [-0.2, 0) is 14.3 Å². The smallest absolute Gasteiger partial charge is 0.220 e. The molecule has 9 heteroatoms. The number of hydrogen-bond donors (Lipinski definition) is 6. The van der Waals surface area contributed by atoms with E-state index in [9.17, 15) is 30.3 Å². The summed E-state index contributed by atoms with van der Waals surface area (Å²) in [5, 5.41) is 54.2. The molecular weight excluding hydrogens is 779 g/mol. The molecule has 1 amide bonds. The number of hydrogen-bond acceptors (Lipinski definition) is 8. The van der Waals surface area contributed by atoms with Crippen molar-refractivity contribution in [3.8, 4) is 0 Å². The van der Waals surface area contributed by atoms with Gasteiger partial charge in [-0.05, 0) is 38.5 Å². The first-order valence-electron chi connectivity index (χ1n) is 26.2. The molecule has 1 fully saturated rings. The average molecular weight is 878 g/mol. The predicted molar refractivity (Wildman–Crippen MR) is 258 cm³/mol. The van der Waals surface area contributed by atoms with Crippen molar-refractivity contribution in [2.75, 3.05) is 13.2 Å². The zero-order valence-electron chi connectivity index (χ0n) is 40.1. The van der Waals surface area contributed by atoms with Crippen LogP contribution in [0, 0.1) is 0 Å². The molecule has 62 heavy (non-hydrogen) atoms. The Labute approximate surface area is 381 Å². The zero-order valence-corrected chi connectivity index (χ0v) is 40.1. The maximum Gasteiger partial charge on any atom is 0.220 e. The highest BCUT2D eigenvalue weighted by Gasteiger charge is 2.44. The molecule has 364 valence electrons. The van der Waals surface area contributed by atoms with E-state index in [2.05, 4.69) is 43.5 Å². The number of unbranched alkanes of at least 4 members (excludes halogenated alkanes) is 30. The molecule has 1 saturated heterocycles. The maximum atomic E-state index is 13.0. The van der Waals surface area contributed by atoms with Crippen LogP contribution in [-0.4, -0.2) is 87.5 Å². The third-order valence-electron chi connectivity index (χ3n) is 12.4. The van der Waals surface area contributed by atoms with Crippen LogP contribution in [0.1, 0.15) is 239 Å². The summed E-state index contributed by atoms with van der Waals surface area (Å²) in [4.78, 5) is 13.0. The van der Waals surface area contributed by atoms with E-state index >= 15 is 0 Å². The Bertz CT molecular complexity index is 1070. The molecule has 0 bridgehead atoms. The van der Waals surface area contributed by atoms with Gasteiger partial charge in [-0.3, -0.25) is 4.79 Å². The second-order valence-electron chi connectivity index (χ2n) is 18.3. The molecule has 1 aliphatic heterocycles. The van der Waals surface area contributed by atoms with Gasteiger partial charge < -0.3 is 40.3 Å². The molecular formula is C53H99NO8. The highest BCUT2D eigenvalue weighted by Crippen LogP contribution is 2.23. The summed E-state index contributed by atoms with van der Waals surface area (Å²) in [5.41, 5.74) is 0. The molecule has 7 unspecified atom stereocenters. The van der Waals surface area contributed by atoms with Crippen molar-refractivity contribution in [1.82, 2.24) is 5.32 Å². The number of amides is 1. The number of carbonyl (C=O) groups is 1. The van der Waals surface area contributed by atoms with Crippen LogP contribution in [0.2, 0.25) is 0 Å². The monoisotopic (exact) mass is 878 g/mol. The second-order valence-corrected chi connectivity index (χ2v) is 18.3. The topological polar surface area (TPSA) is 149 Å². The Hall–Kier alpha value is -1.59. The minimum absolute atomic E-state index is 0.189. The Morgan fingerprint density at radius 2 is 0.919 bits per heavy atom. The number of ether oxygens (including phenoxy) is 2. The van der Waals surface area contributed by atoms with Gasteiger partial charge in [0.15, 0.2) is 6.29 Å². The summed E-state index contributed by atoms with van der Waals surface area (Å²) >= 11 is 0. The van der Waals surface area contributed by atoms with Crippen molar-refractivity contribution < 1.29 is 39.8 Å². The fraction of sp³-hybridized carbons (Fsp3) is 0.868. The standard InChI is InChI=1S/C53H99NO8/c1-3-5-7-9-11-13-15-17-18-19-20-21-22-23-24-25-26-27-28-29-30-31-33-35-37-39-41-43-49(57)54-46(45-61-53-52(60)51(59)50(58)48(44-55)62-53)47(56)42-40-38-36-34-32-16-14-12-10-8-6-4-2/h10,12,32,34,40,42,46-48,50-53,55-56,58-60H,3-9,11,13-31,33,35-39,41,43-45H2,1-2H3,(H,54,57)/b12-10+,34-32+,42-40+. The van der Waals surface area contributed by atoms with Crippen LogP contribution < -0.4 is 5.32 Å². The van der Waals surface area contributed by atoms with Crippen LogP contribution in [0.5, 0.6) is 0 Å². The lowest BCUT2D eigenvalue weighted by Gasteiger charge is -2.40. The number of allylic oxidation sites excluding steroid dienone is 5. The Kier molecular flexibility index (Phi) is 40.8. The molecule has 0 spiro atoms. The average Bonchev–Trinajstić information content (AvgIpc) is 3.27. The van der Waals surface area contributed by atoms with Gasteiger partial charge in [-0.2, -0.15) is 0 Å². The molecule has 0 aliphatic carbocycles. The van der Waals surface area contributed by atoms with Crippen molar-refractivity contribution in [3.63, 3.8) is 0 Å². The predicted octanol–water partition coefficient (Wildman–Crippen LogP) is 12.0. The summed E-state index contributed by atoms with van der Waals surface area (Å²) in [6.45, 7) is 3.72. The van der Waals surface area contributed by atoms with Crippen molar-refractivity contribution in [2.45, 2.75) is 281 Å².